The lowest BCUT2D eigenvalue weighted by Gasteiger charge is -2.41. The van der Waals surface area contributed by atoms with Crippen LogP contribution < -0.4 is 5.43 Å². The van der Waals surface area contributed by atoms with Crippen molar-refractivity contribution in [3.63, 3.8) is 0 Å². The molecule has 5 nitrogen and oxygen atoms in total. The predicted octanol–water partition coefficient (Wildman–Crippen LogP) is 2.38. The van der Waals surface area contributed by atoms with Crippen LogP contribution in [0.15, 0.2) is 29.1 Å². The van der Waals surface area contributed by atoms with Crippen molar-refractivity contribution in [3.8, 4) is 0 Å². The summed E-state index contributed by atoms with van der Waals surface area (Å²) in [5.74, 6) is 0.207. The molecule has 2 aliphatic rings. The monoisotopic (exact) mass is 345 g/mol. The van der Waals surface area contributed by atoms with Gasteiger partial charge in [0.15, 0.2) is 5.43 Å². The van der Waals surface area contributed by atoms with Crippen molar-refractivity contribution in [2.24, 2.45) is 0 Å². The maximum absolute atomic E-state index is 12.5. The highest BCUT2D eigenvalue weighted by atomic mass is 35.5. The molecule has 3 heterocycles. The van der Waals surface area contributed by atoms with E-state index < -0.39 is 0 Å². The molecule has 2 saturated heterocycles. The van der Waals surface area contributed by atoms with Crippen molar-refractivity contribution in [1.82, 2.24) is 14.8 Å². The van der Waals surface area contributed by atoms with Crippen molar-refractivity contribution in [2.45, 2.75) is 38.4 Å². The topological polar surface area (TPSA) is 56.4 Å². The van der Waals surface area contributed by atoms with E-state index in [1.165, 1.54) is 0 Å². The highest BCUT2D eigenvalue weighted by molar-refractivity contribution is 6.31. The predicted molar refractivity (Wildman–Crippen MR) is 94.2 cm³/mol. The number of carbonyl (C=O) groups is 1. The first-order chi connectivity index (χ1) is 11.5. The van der Waals surface area contributed by atoms with Gasteiger partial charge >= 0.3 is 0 Å². The van der Waals surface area contributed by atoms with Gasteiger partial charge in [-0.2, -0.15) is 0 Å². The second-order valence-electron chi connectivity index (χ2n) is 6.78. The number of carbonyl (C=O) groups excluding carboxylic acids is 1. The molecular formula is C18H20ClN3O2. The van der Waals surface area contributed by atoms with Crippen LogP contribution in [0.4, 0.5) is 0 Å². The van der Waals surface area contributed by atoms with E-state index in [2.05, 4.69) is 9.88 Å². The third kappa shape index (κ3) is 2.62. The second-order valence-corrected chi connectivity index (χ2v) is 7.22. The quantitative estimate of drug-likeness (QED) is 0.909. The summed E-state index contributed by atoms with van der Waals surface area (Å²) in [6, 6.07) is 7.07. The number of nitrogens with zero attached hydrogens (tertiary/aromatic N) is 2. The molecule has 0 unspecified atom stereocenters. The molecule has 24 heavy (non-hydrogen) atoms. The van der Waals surface area contributed by atoms with E-state index >= 15 is 0 Å². The van der Waals surface area contributed by atoms with Gasteiger partial charge in [0.25, 0.3) is 0 Å². The first kappa shape index (κ1) is 15.7. The Balaban J connectivity index is 1.63. The lowest BCUT2D eigenvalue weighted by molar-refractivity contribution is -0.143. The summed E-state index contributed by atoms with van der Waals surface area (Å²) < 4.78 is 0. The Labute approximate surface area is 145 Å². The van der Waals surface area contributed by atoms with Crippen LogP contribution in [0.25, 0.3) is 10.9 Å². The highest BCUT2D eigenvalue weighted by Crippen LogP contribution is 2.26. The molecule has 1 amide bonds. The van der Waals surface area contributed by atoms with Crippen molar-refractivity contribution in [1.29, 1.82) is 0 Å². The smallest absolute Gasteiger partial charge is 0.239 e. The summed E-state index contributed by atoms with van der Waals surface area (Å²) in [7, 11) is 0. The van der Waals surface area contributed by atoms with E-state index in [-0.39, 0.29) is 17.4 Å². The molecule has 1 N–H and O–H groups in total. The normalized spacial score (nSPS) is 24.6. The number of aromatic amines is 1. The van der Waals surface area contributed by atoms with Crippen LogP contribution >= 0.6 is 11.6 Å². The molecule has 126 valence electrons. The van der Waals surface area contributed by atoms with Crippen LogP contribution in [-0.2, 0) is 11.3 Å². The number of piperazine rings is 1. The molecule has 1 aromatic carbocycles. The number of fused-ring (bicyclic) bond motifs is 2. The first-order valence-corrected chi connectivity index (χ1v) is 8.77. The van der Waals surface area contributed by atoms with Gasteiger partial charge in [0, 0.05) is 53.4 Å². The number of rotatable bonds is 2. The fourth-order valence-electron chi connectivity index (χ4n) is 3.92. The van der Waals surface area contributed by atoms with E-state index in [1.807, 2.05) is 17.9 Å². The molecule has 2 aliphatic heterocycles. The second kappa shape index (κ2) is 5.90. The van der Waals surface area contributed by atoms with Gasteiger partial charge in [-0.05, 0) is 38.0 Å². The van der Waals surface area contributed by atoms with Crippen LogP contribution in [0.1, 0.15) is 25.5 Å². The molecular weight excluding hydrogens is 326 g/mol. The standard InChI is InChI=1S/C18H20ClN3O2/c1-11-18(24)22-6-2-3-14(22)10-21(11)9-13-8-17(23)15-7-12(19)4-5-16(15)20-13/h4-5,7-8,11,14H,2-3,6,9-10H2,1H3,(H,20,23)/t11-,14+/m1/s1. The number of H-pyrrole nitrogens is 1. The third-order valence-electron chi connectivity index (χ3n) is 5.23. The largest absolute Gasteiger partial charge is 0.357 e. The minimum Gasteiger partial charge on any atom is -0.357 e. The fraction of sp³-hybridized carbons (Fsp3) is 0.444. The molecule has 0 bridgehead atoms. The maximum atomic E-state index is 12.5. The number of pyridine rings is 1. The van der Waals surface area contributed by atoms with Gasteiger partial charge in [-0.25, -0.2) is 0 Å². The van der Waals surface area contributed by atoms with Gasteiger partial charge in [-0.1, -0.05) is 11.6 Å². The zero-order chi connectivity index (χ0) is 16.8. The number of amides is 1. The lowest BCUT2D eigenvalue weighted by Crippen LogP contribution is -2.58. The number of hydrogen-bond acceptors (Lipinski definition) is 3. The molecule has 0 spiro atoms. The fourth-order valence-corrected chi connectivity index (χ4v) is 4.09. The van der Waals surface area contributed by atoms with Gasteiger partial charge in [-0.3, -0.25) is 14.5 Å². The number of benzene rings is 1. The molecule has 4 rings (SSSR count). The van der Waals surface area contributed by atoms with Crippen LogP contribution in [0.3, 0.4) is 0 Å². The Kier molecular flexibility index (Phi) is 3.85. The Bertz CT molecular complexity index is 863. The molecule has 2 fully saturated rings. The number of nitrogens with one attached hydrogen (secondary N) is 1. The highest BCUT2D eigenvalue weighted by Gasteiger charge is 2.40. The zero-order valence-corrected chi connectivity index (χ0v) is 14.3. The average Bonchev–Trinajstić information content (AvgIpc) is 3.02. The van der Waals surface area contributed by atoms with Crippen molar-refractivity contribution in [3.05, 3.63) is 45.2 Å². The third-order valence-corrected chi connectivity index (χ3v) is 5.47. The molecule has 6 heteroatoms. The van der Waals surface area contributed by atoms with E-state index in [0.717, 1.165) is 37.1 Å². The van der Waals surface area contributed by atoms with Gasteiger partial charge < -0.3 is 9.88 Å². The summed E-state index contributed by atoms with van der Waals surface area (Å²) in [5, 5.41) is 1.15. The number of hydrogen-bond donors (Lipinski definition) is 1. The summed E-state index contributed by atoms with van der Waals surface area (Å²) in [6.45, 7) is 4.28. The van der Waals surface area contributed by atoms with Gasteiger partial charge in [0.1, 0.15) is 0 Å². The molecule has 1 aromatic heterocycles. The summed E-state index contributed by atoms with van der Waals surface area (Å²) in [4.78, 5) is 32.4. The van der Waals surface area contributed by atoms with E-state index in [9.17, 15) is 9.59 Å². The van der Waals surface area contributed by atoms with Gasteiger partial charge in [0.05, 0.1) is 6.04 Å². The number of halogens is 1. The average molecular weight is 346 g/mol. The minimum atomic E-state index is -0.149. The van der Waals surface area contributed by atoms with Crippen molar-refractivity contribution < 1.29 is 4.79 Å². The maximum Gasteiger partial charge on any atom is 0.239 e. The molecule has 0 radical (unpaired) electrons. The Morgan fingerprint density at radius 3 is 2.96 bits per heavy atom. The molecule has 0 aliphatic carbocycles. The van der Waals surface area contributed by atoms with E-state index in [0.29, 0.717) is 23.0 Å². The van der Waals surface area contributed by atoms with Gasteiger partial charge in [-0.15, -0.1) is 0 Å². The van der Waals surface area contributed by atoms with Gasteiger partial charge in [0.2, 0.25) is 5.91 Å². The number of aromatic nitrogens is 1. The minimum absolute atomic E-state index is 0.0419. The zero-order valence-electron chi connectivity index (χ0n) is 13.6. The molecule has 2 atom stereocenters. The van der Waals surface area contributed by atoms with Crippen LogP contribution in [-0.4, -0.2) is 45.9 Å². The van der Waals surface area contributed by atoms with Crippen LogP contribution in [0.2, 0.25) is 5.02 Å². The van der Waals surface area contributed by atoms with E-state index in [1.54, 1.807) is 18.2 Å². The SMILES string of the molecule is C[C@@H]1C(=O)N2CCC[C@H]2CN1Cc1cc(=O)c2cc(Cl)ccc2[nH]1. The van der Waals surface area contributed by atoms with Crippen molar-refractivity contribution >= 4 is 28.4 Å². The van der Waals surface area contributed by atoms with Crippen LogP contribution in [0, 0.1) is 0 Å². The Morgan fingerprint density at radius 1 is 1.29 bits per heavy atom. The van der Waals surface area contributed by atoms with Crippen LogP contribution in [0.5, 0.6) is 0 Å². The summed E-state index contributed by atoms with van der Waals surface area (Å²) >= 11 is 5.97. The summed E-state index contributed by atoms with van der Waals surface area (Å²) in [6.07, 6.45) is 2.16. The molecule has 2 aromatic rings. The Morgan fingerprint density at radius 2 is 2.12 bits per heavy atom. The summed E-state index contributed by atoms with van der Waals surface area (Å²) in [5.41, 5.74) is 1.57. The molecule has 0 saturated carbocycles. The van der Waals surface area contributed by atoms with E-state index in [4.69, 9.17) is 11.6 Å². The van der Waals surface area contributed by atoms with Crippen molar-refractivity contribution in [2.75, 3.05) is 13.1 Å². The first-order valence-electron chi connectivity index (χ1n) is 8.39. The lowest BCUT2D eigenvalue weighted by atomic mass is 10.1. The Hall–Kier alpha value is -1.85.